The molecule has 0 aliphatic carbocycles. The van der Waals surface area contributed by atoms with Crippen molar-refractivity contribution in [3.63, 3.8) is 0 Å². The fourth-order valence-electron chi connectivity index (χ4n) is 2.65. The molecule has 0 radical (unpaired) electrons. The number of carbonyl (C=O) groups excluding carboxylic acids is 1. The van der Waals surface area contributed by atoms with Crippen LogP contribution in [0.25, 0.3) is 0 Å². The number of benzene rings is 1. The van der Waals surface area contributed by atoms with Gasteiger partial charge in [0.15, 0.2) is 0 Å². The fourth-order valence-corrected chi connectivity index (χ4v) is 2.65. The maximum atomic E-state index is 12.9. The topological polar surface area (TPSA) is 81.1 Å². The van der Waals surface area contributed by atoms with Gasteiger partial charge in [-0.3, -0.25) is 14.5 Å². The van der Waals surface area contributed by atoms with Gasteiger partial charge in [0.05, 0.1) is 12.5 Å². The number of carbonyl (C=O) groups is 2. The number of nitrogens with zero attached hydrogens (tertiary/aromatic N) is 2. The Bertz CT molecular complexity index is 550. The van der Waals surface area contributed by atoms with Crippen LogP contribution in [0.3, 0.4) is 0 Å². The molecule has 1 atom stereocenters. The van der Waals surface area contributed by atoms with Crippen molar-refractivity contribution in [2.45, 2.75) is 25.5 Å². The number of hydrogen-bond donors (Lipinski definition) is 2. The van der Waals surface area contributed by atoms with E-state index in [4.69, 9.17) is 5.11 Å². The number of hydrogen-bond acceptors (Lipinski definition) is 4. The summed E-state index contributed by atoms with van der Waals surface area (Å²) in [7, 11) is 0. The summed E-state index contributed by atoms with van der Waals surface area (Å²) < 4.78 is 12.9. The average Bonchev–Trinajstić information content (AvgIpc) is 2.68. The van der Waals surface area contributed by atoms with E-state index >= 15 is 0 Å². The van der Waals surface area contributed by atoms with Crippen molar-refractivity contribution in [1.29, 1.82) is 0 Å². The Hall–Kier alpha value is -1.99. The summed E-state index contributed by atoms with van der Waals surface area (Å²) in [6, 6.07) is 6.18. The fraction of sp³-hybridized carbons (Fsp3) is 0.500. The summed E-state index contributed by atoms with van der Waals surface area (Å²) in [4.78, 5) is 26.1. The van der Waals surface area contributed by atoms with Crippen LogP contribution in [0.5, 0.6) is 0 Å². The highest BCUT2D eigenvalue weighted by atomic mass is 19.1. The van der Waals surface area contributed by atoms with E-state index in [2.05, 4.69) is 0 Å². The van der Waals surface area contributed by atoms with Gasteiger partial charge in [-0.2, -0.15) is 0 Å². The number of β-amino-alcohol motifs (C(OH)–C–C–N with tert-alkyl or cyclic N) is 1. The Kier molecular flexibility index (Phi) is 6.06. The Labute approximate surface area is 134 Å². The molecule has 2 N–H and O–H groups in total. The van der Waals surface area contributed by atoms with Crippen LogP contribution in [0.4, 0.5) is 4.39 Å². The van der Waals surface area contributed by atoms with Crippen LogP contribution in [-0.4, -0.2) is 64.2 Å². The van der Waals surface area contributed by atoms with Gasteiger partial charge in [0.25, 0.3) is 0 Å². The molecular weight excluding hydrogens is 303 g/mol. The molecule has 0 spiro atoms. The molecule has 7 heteroatoms. The number of amides is 1. The van der Waals surface area contributed by atoms with Gasteiger partial charge in [-0.1, -0.05) is 12.1 Å². The van der Waals surface area contributed by atoms with Gasteiger partial charge in [-0.25, -0.2) is 4.39 Å². The van der Waals surface area contributed by atoms with Crippen LogP contribution in [0.1, 0.15) is 18.4 Å². The molecule has 6 nitrogen and oxygen atoms in total. The molecule has 0 bridgehead atoms. The third kappa shape index (κ3) is 5.61. The summed E-state index contributed by atoms with van der Waals surface area (Å²) in [6.45, 7) is 2.21. The lowest BCUT2D eigenvalue weighted by atomic mass is 10.2. The Morgan fingerprint density at radius 2 is 1.83 bits per heavy atom. The SMILES string of the molecule is O=C(O)CCC(=O)N1CCN(Cc2ccc(F)cc2)CC(O)C1. The molecule has 1 unspecified atom stereocenters. The Balaban J connectivity index is 1.90. The number of aliphatic carboxylic acids is 1. The molecule has 1 aromatic carbocycles. The lowest BCUT2D eigenvalue weighted by molar-refractivity contribution is -0.141. The van der Waals surface area contributed by atoms with Crippen molar-refractivity contribution in [3.8, 4) is 0 Å². The molecule has 1 aliphatic rings. The van der Waals surface area contributed by atoms with Gasteiger partial charge in [0.1, 0.15) is 5.82 Å². The first kappa shape index (κ1) is 17.4. The number of carboxylic acids is 1. The second-order valence-electron chi connectivity index (χ2n) is 5.75. The highest BCUT2D eigenvalue weighted by Crippen LogP contribution is 2.11. The maximum absolute atomic E-state index is 12.9. The monoisotopic (exact) mass is 324 g/mol. The average molecular weight is 324 g/mol. The van der Waals surface area contributed by atoms with Crippen LogP contribution in [0, 0.1) is 5.82 Å². The predicted octanol–water partition coefficient (Wildman–Crippen LogP) is 0.696. The van der Waals surface area contributed by atoms with Crippen molar-refractivity contribution < 1.29 is 24.2 Å². The van der Waals surface area contributed by atoms with Crippen LogP contribution in [-0.2, 0) is 16.1 Å². The molecule has 1 aromatic rings. The number of halogens is 1. The van der Waals surface area contributed by atoms with E-state index in [9.17, 15) is 19.1 Å². The summed E-state index contributed by atoms with van der Waals surface area (Å²) in [5.41, 5.74) is 0.934. The molecule has 0 saturated carbocycles. The number of aliphatic hydroxyl groups excluding tert-OH is 1. The van der Waals surface area contributed by atoms with Gasteiger partial charge in [0, 0.05) is 39.1 Å². The first-order valence-corrected chi connectivity index (χ1v) is 7.58. The van der Waals surface area contributed by atoms with E-state index < -0.39 is 12.1 Å². The summed E-state index contributed by atoms with van der Waals surface area (Å²) >= 11 is 0. The van der Waals surface area contributed by atoms with Crippen molar-refractivity contribution in [1.82, 2.24) is 9.80 Å². The molecule has 2 rings (SSSR count). The normalized spacial score (nSPS) is 19.4. The molecule has 126 valence electrons. The number of carboxylic acid groups (broad SMARTS) is 1. The molecule has 1 aliphatic heterocycles. The van der Waals surface area contributed by atoms with E-state index in [1.54, 1.807) is 12.1 Å². The number of rotatable bonds is 5. The first-order chi connectivity index (χ1) is 10.9. The standard InChI is InChI=1S/C16H21FN2O4/c17-13-3-1-12(2-4-13)9-18-7-8-19(11-14(20)10-18)15(21)5-6-16(22)23/h1-4,14,20H,5-11H2,(H,22,23). The highest BCUT2D eigenvalue weighted by Gasteiger charge is 2.24. The highest BCUT2D eigenvalue weighted by molar-refractivity contribution is 5.80. The summed E-state index contributed by atoms with van der Waals surface area (Å²) in [6.07, 6.45) is -0.947. The van der Waals surface area contributed by atoms with E-state index in [0.717, 1.165) is 5.56 Å². The van der Waals surface area contributed by atoms with Crippen LogP contribution in [0.2, 0.25) is 0 Å². The summed E-state index contributed by atoms with van der Waals surface area (Å²) in [5.74, 6) is -1.55. The van der Waals surface area contributed by atoms with E-state index in [0.29, 0.717) is 26.2 Å². The summed E-state index contributed by atoms with van der Waals surface area (Å²) in [5, 5.41) is 18.7. The van der Waals surface area contributed by atoms with E-state index in [1.807, 2.05) is 4.90 Å². The van der Waals surface area contributed by atoms with Crippen LogP contribution in [0.15, 0.2) is 24.3 Å². The minimum atomic E-state index is -1.01. The first-order valence-electron chi connectivity index (χ1n) is 7.58. The second kappa shape index (κ2) is 8.03. The predicted molar refractivity (Wildman–Crippen MR) is 81.1 cm³/mol. The van der Waals surface area contributed by atoms with Crippen molar-refractivity contribution >= 4 is 11.9 Å². The van der Waals surface area contributed by atoms with Gasteiger partial charge in [0.2, 0.25) is 5.91 Å². The Morgan fingerprint density at radius 1 is 1.13 bits per heavy atom. The maximum Gasteiger partial charge on any atom is 0.303 e. The lowest BCUT2D eigenvalue weighted by Gasteiger charge is -2.21. The van der Waals surface area contributed by atoms with Crippen molar-refractivity contribution in [3.05, 3.63) is 35.6 Å². The van der Waals surface area contributed by atoms with E-state index in [1.165, 1.54) is 17.0 Å². The van der Waals surface area contributed by atoms with Gasteiger partial charge >= 0.3 is 5.97 Å². The van der Waals surface area contributed by atoms with Crippen LogP contribution >= 0.6 is 0 Å². The smallest absolute Gasteiger partial charge is 0.303 e. The molecule has 1 saturated heterocycles. The van der Waals surface area contributed by atoms with Gasteiger partial charge < -0.3 is 15.1 Å². The molecule has 23 heavy (non-hydrogen) atoms. The van der Waals surface area contributed by atoms with Gasteiger partial charge in [-0.05, 0) is 17.7 Å². The van der Waals surface area contributed by atoms with Crippen molar-refractivity contribution in [2.75, 3.05) is 26.2 Å². The Morgan fingerprint density at radius 3 is 2.48 bits per heavy atom. The number of aliphatic hydroxyl groups is 1. The molecule has 1 heterocycles. The largest absolute Gasteiger partial charge is 0.481 e. The zero-order valence-corrected chi connectivity index (χ0v) is 12.8. The van der Waals surface area contributed by atoms with Crippen LogP contribution < -0.4 is 0 Å². The third-order valence-corrected chi connectivity index (χ3v) is 3.81. The molecule has 0 aromatic heterocycles. The third-order valence-electron chi connectivity index (χ3n) is 3.81. The molecule has 1 fully saturated rings. The molecule has 1 amide bonds. The van der Waals surface area contributed by atoms with E-state index in [-0.39, 0.29) is 31.1 Å². The molecular formula is C16H21FN2O4. The zero-order chi connectivity index (χ0) is 16.8. The second-order valence-corrected chi connectivity index (χ2v) is 5.75. The quantitative estimate of drug-likeness (QED) is 0.833. The zero-order valence-electron chi connectivity index (χ0n) is 12.8. The minimum Gasteiger partial charge on any atom is -0.481 e. The van der Waals surface area contributed by atoms with Crippen molar-refractivity contribution in [2.24, 2.45) is 0 Å². The minimum absolute atomic E-state index is 0.0555. The van der Waals surface area contributed by atoms with Gasteiger partial charge in [-0.15, -0.1) is 0 Å². The lowest BCUT2D eigenvalue weighted by Crippen LogP contribution is -2.37.